The summed E-state index contributed by atoms with van der Waals surface area (Å²) in [7, 11) is 0. The van der Waals surface area contributed by atoms with Crippen LogP contribution in [0.15, 0.2) is 0 Å². The molecule has 0 spiro atoms. The highest BCUT2D eigenvalue weighted by atomic mass is 14.3. The maximum Gasteiger partial charge on any atom is -0.0295 e. The molecule has 0 nitrogen and oxygen atoms in total. The topological polar surface area (TPSA) is 0 Å². The minimum atomic E-state index is 0.407. The van der Waals surface area contributed by atoms with Gasteiger partial charge in [-0.2, -0.15) is 0 Å². The standard InChI is InChI=1S/C12H25/c1-7-10(3)9-12(5,6)11(4)8-2/h9-11H,7-8H2,1-6H3. The molecule has 2 unspecified atom stereocenters. The quantitative estimate of drug-likeness (QED) is 0.575. The van der Waals surface area contributed by atoms with Gasteiger partial charge in [0, 0.05) is 0 Å². The van der Waals surface area contributed by atoms with Crippen LogP contribution in [0.5, 0.6) is 0 Å². The van der Waals surface area contributed by atoms with E-state index in [1.165, 1.54) is 12.8 Å². The molecule has 0 aliphatic carbocycles. The Balaban J connectivity index is 4.02. The van der Waals surface area contributed by atoms with Gasteiger partial charge in [-0.15, -0.1) is 0 Å². The molecule has 12 heavy (non-hydrogen) atoms. The Kier molecular flexibility index (Phi) is 4.89. The largest absolute Gasteiger partial charge is 0.0651 e. The molecule has 0 heterocycles. The molecule has 0 fully saturated rings. The Morgan fingerprint density at radius 2 is 1.58 bits per heavy atom. The van der Waals surface area contributed by atoms with Gasteiger partial charge < -0.3 is 0 Å². The van der Waals surface area contributed by atoms with Crippen LogP contribution in [0, 0.1) is 23.7 Å². The number of rotatable bonds is 5. The van der Waals surface area contributed by atoms with Gasteiger partial charge in [-0.1, -0.05) is 54.4 Å². The van der Waals surface area contributed by atoms with E-state index in [1.807, 2.05) is 0 Å². The fraction of sp³-hybridized carbons (Fsp3) is 0.917. The Hall–Kier alpha value is 0. The molecule has 0 amide bonds. The van der Waals surface area contributed by atoms with E-state index in [0.29, 0.717) is 5.41 Å². The lowest BCUT2D eigenvalue weighted by Gasteiger charge is -2.33. The molecule has 0 heteroatoms. The molecule has 0 aliphatic heterocycles. The summed E-state index contributed by atoms with van der Waals surface area (Å²) in [5, 5.41) is 0. The van der Waals surface area contributed by atoms with Gasteiger partial charge in [0.1, 0.15) is 0 Å². The van der Waals surface area contributed by atoms with Gasteiger partial charge in [-0.25, -0.2) is 0 Å². The van der Waals surface area contributed by atoms with E-state index in [-0.39, 0.29) is 0 Å². The van der Waals surface area contributed by atoms with Crippen LogP contribution < -0.4 is 0 Å². The SMILES string of the molecule is CCC(C)[CH]C(C)(C)C(C)CC. The zero-order chi connectivity index (χ0) is 9.78. The van der Waals surface area contributed by atoms with Crippen LogP contribution in [0.2, 0.25) is 0 Å². The third kappa shape index (κ3) is 3.60. The van der Waals surface area contributed by atoms with Gasteiger partial charge in [-0.05, 0) is 23.7 Å². The second kappa shape index (κ2) is 4.89. The maximum absolute atomic E-state index is 2.52. The minimum Gasteiger partial charge on any atom is -0.0651 e. The van der Waals surface area contributed by atoms with E-state index < -0.39 is 0 Å². The van der Waals surface area contributed by atoms with E-state index in [9.17, 15) is 0 Å². The summed E-state index contributed by atoms with van der Waals surface area (Å²) in [6, 6.07) is 0. The summed E-state index contributed by atoms with van der Waals surface area (Å²) in [5.41, 5.74) is 0.407. The van der Waals surface area contributed by atoms with Gasteiger partial charge in [0.05, 0.1) is 0 Å². The summed E-state index contributed by atoms with van der Waals surface area (Å²) in [4.78, 5) is 0. The van der Waals surface area contributed by atoms with Crippen LogP contribution in [-0.2, 0) is 0 Å². The van der Waals surface area contributed by atoms with E-state index in [4.69, 9.17) is 0 Å². The summed E-state index contributed by atoms with van der Waals surface area (Å²) in [5.74, 6) is 1.56. The molecule has 0 aliphatic rings. The van der Waals surface area contributed by atoms with Crippen molar-refractivity contribution < 1.29 is 0 Å². The molecule has 0 rings (SSSR count). The second-order valence-electron chi connectivity index (χ2n) is 4.68. The third-order valence-electron chi connectivity index (χ3n) is 3.24. The van der Waals surface area contributed by atoms with Gasteiger partial charge >= 0.3 is 0 Å². The monoisotopic (exact) mass is 169 g/mol. The van der Waals surface area contributed by atoms with E-state index in [1.54, 1.807) is 0 Å². The summed E-state index contributed by atoms with van der Waals surface area (Å²) < 4.78 is 0. The highest BCUT2D eigenvalue weighted by molar-refractivity contribution is 4.91. The zero-order valence-electron chi connectivity index (χ0n) is 9.65. The fourth-order valence-electron chi connectivity index (χ4n) is 1.54. The van der Waals surface area contributed by atoms with E-state index >= 15 is 0 Å². The van der Waals surface area contributed by atoms with Crippen molar-refractivity contribution in [1.29, 1.82) is 0 Å². The molecule has 0 saturated carbocycles. The van der Waals surface area contributed by atoms with Crippen molar-refractivity contribution in [2.45, 2.75) is 54.4 Å². The fourth-order valence-corrected chi connectivity index (χ4v) is 1.54. The Morgan fingerprint density at radius 1 is 1.08 bits per heavy atom. The first-order valence-electron chi connectivity index (χ1n) is 5.30. The van der Waals surface area contributed by atoms with Gasteiger partial charge in [0.15, 0.2) is 0 Å². The average molecular weight is 169 g/mol. The molecule has 0 saturated heterocycles. The van der Waals surface area contributed by atoms with Crippen LogP contribution in [0.25, 0.3) is 0 Å². The van der Waals surface area contributed by atoms with E-state index in [2.05, 4.69) is 48.0 Å². The molecule has 2 atom stereocenters. The van der Waals surface area contributed by atoms with Crippen molar-refractivity contribution in [3.05, 3.63) is 6.42 Å². The first kappa shape index (κ1) is 12.0. The maximum atomic E-state index is 2.52. The lowest BCUT2D eigenvalue weighted by molar-refractivity contribution is 0.247. The van der Waals surface area contributed by atoms with Gasteiger partial charge in [0.25, 0.3) is 0 Å². The molecule has 0 N–H and O–H groups in total. The lowest BCUT2D eigenvalue weighted by atomic mass is 9.72. The molecular formula is C12H25. The van der Waals surface area contributed by atoms with Crippen LogP contribution in [0.1, 0.15) is 54.4 Å². The van der Waals surface area contributed by atoms with Crippen LogP contribution in [0.3, 0.4) is 0 Å². The number of hydrogen-bond donors (Lipinski definition) is 0. The predicted molar refractivity (Wildman–Crippen MR) is 57.0 cm³/mol. The van der Waals surface area contributed by atoms with Crippen molar-refractivity contribution in [3.8, 4) is 0 Å². The van der Waals surface area contributed by atoms with Crippen molar-refractivity contribution in [2.75, 3.05) is 0 Å². The highest BCUT2D eigenvalue weighted by Crippen LogP contribution is 2.35. The van der Waals surface area contributed by atoms with Crippen molar-refractivity contribution in [2.24, 2.45) is 17.3 Å². The van der Waals surface area contributed by atoms with Gasteiger partial charge in [0.2, 0.25) is 0 Å². The summed E-state index contributed by atoms with van der Waals surface area (Å²) in [6.07, 6.45) is 5.06. The van der Waals surface area contributed by atoms with E-state index in [0.717, 1.165) is 11.8 Å². The zero-order valence-corrected chi connectivity index (χ0v) is 9.65. The Bertz CT molecular complexity index is 113. The molecule has 1 radical (unpaired) electrons. The van der Waals surface area contributed by atoms with Crippen LogP contribution in [0.4, 0.5) is 0 Å². The summed E-state index contributed by atoms with van der Waals surface area (Å²) in [6.45, 7) is 13.9. The van der Waals surface area contributed by atoms with Gasteiger partial charge in [-0.3, -0.25) is 0 Å². The van der Waals surface area contributed by atoms with Crippen LogP contribution in [-0.4, -0.2) is 0 Å². The Labute approximate surface area is 78.8 Å². The third-order valence-corrected chi connectivity index (χ3v) is 3.24. The molecule has 0 aromatic rings. The average Bonchev–Trinajstić information content (AvgIpc) is 2.02. The molecule has 0 aromatic heterocycles. The summed E-state index contributed by atoms with van der Waals surface area (Å²) >= 11 is 0. The minimum absolute atomic E-state index is 0.407. The lowest BCUT2D eigenvalue weighted by Crippen LogP contribution is -2.24. The smallest absolute Gasteiger partial charge is 0.0295 e. The molecular weight excluding hydrogens is 144 g/mol. The number of hydrogen-bond acceptors (Lipinski definition) is 0. The van der Waals surface area contributed by atoms with Crippen LogP contribution >= 0.6 is 0 Å². The first-order valence-corrected chi connectivity index (χ1v) is 5.30. The Morgan fingerprint density at radius 3 is 1.92 bits per heavy atom. The van der Waals surface area contributed by atoms with Crippen molar-refractivity contribution in [1.82, 2.24) is 0 Å². The molecule has 73 valence electrons. The first-order chi connectivity index (χ1) is 5.44. The molecule has 0 bridgehead atoms. The highest BCUT2D eigenvalue weighted by Gasteiger charge is 2.26. The predicted octanol–water partition coefficient (Wildman–Crippen LogP) is 4.31. The van der Waals surface area contributed by atoms with Crippen molar-refractivity contribution >= 4 is 0 Å². The normalized spacial score (nSPS) is 17.5. The van der Waals surface area contributed by atoms with Crippen molar-refractivity contribution in [3.63, 3.8) is 0 Å². The second-order valence-corrected chi connectivity index (χ2v) is 4.68. The molecule has 0 aromatic carbocycles.